The first-order valence-electron chi connectivity index (χ1n) is 5.96. The van der Waals surface area contributed by atoms with E-state index in [0.717, 1.165) is 0 Å². The van der Waals surface area contributed by atoms with Gasteiger partial charge in [-0.3, -0.25) is 14.9 Å². The van der Waals surface area contributed by atoms with E-state index < -0.39 is 16.3 Å². The summed E-state index contributed by atoms with van der Waals surface area (Å²) in [5, 5.41) is 20.0. The molecule has 1 rings (SSSR count). The minimum Gasteiger partial charge on any atom is -0.487 e. The average Bonchev–Trinajstić information content (AvgIpc) is 2.30. The van der Waals surface area contributed by atoms with Crippen LogP contribution in [-0.2, 0) is 4.79 Å². The van der Waals surface area contributed by atoms with Crippen molar-refractivity contribution in [2.45, 2.75) is 27.2 Å². The van der Waals surface area contributed by atoms with Crippen LogP contribution >= 0.6 is 15.9 Å². The number of aliphatic carboxylic acids is 1. The zero-order valence-electron chi connectivity index (χ0n) is 11.5. The smallest absolute Gasteiger partial charge is 0.312 e. The predicted molar refractivity (Wildman–Crippen MR) is 77.1 cm³/mol. The van der Waals surface area contributed by atoms with Crippen molar-refractivity contribution in [1.29, 1.82) is 0 Å². The molecule has 0 aromatic heterocycles. The van der Waals surface area contributed by atoms with E-state index in [1.54, 1.807) is 26.8 Å². The van der Waals surface area contributed by atoms with E-state index in [0.29, 0.717) is 10.0 Å². The van der Waals surface area contributed by atoms with Crippen molar-refractivity contribution in [2.75, 3.05) is 6.61 Å². The second kappa shape index (κ2) is 6.21. The van der Waals surface area contributed by atoms with Crippen molar-refractivity contribution in [2.24, 2.45) is 5.41 Å². The Hall–Kier alpha value is -1.63. The number of nitro benzene ring substituents is 1. The summed E-state index contributed by atoms with van der Waals surface area (Å²) < 4.78 is 6.04. The number of halogens is 1. The van der Waals surface area contributed by atoms with E-state index in [1.807, 2.05) is 0 Å². The summed E-state index contributed by atoms with van der Waals surface area (Å²) in [6, 6.07) is 3.08. The fraction of sp³-hybridized carbons (Fsp3) is 0.462. The van der Waals surface area contributed by atoms with Crippen molar-refractivity contribution in [3.8, 4) is 5.75 Å². The quantitative estimate of drug-likeness (QED) is 0.628. The highest BCUT2D eigenvalue weighted by Gasteiger charge is 2.27. The number of aryl methyl sites for hydroxylation is 1. The van der Waals surface area contributed by atoms with E-state index >= 15 is 0 Å². The molecule has 0 heterocycles. The summed E-state index contributed by atoms with van der Waals surface area (Å²) in [5.74, 6) is -0.748. The van der Waals surface area contributed by atoms with Crippen LogP contribution in [-0.4, -0.2) is 22.6 Å². The summed E-state index contributed by atoms with van der Waals surface area (Å²) >= 11 is 3.20. The fourth-order valence-corrected chi connectivity index (χ4v) is 2.11. The van der Waals surface area contributed by atoms with Gasteiger partial charge in [-0.25, -0.2) is 0 Å². The lowest BCUT2D eigenvalue weighted by molar-refractivity contribution is -0.386. The third-order valence-electron chi connectivity index (χ3n) is 2.97. The predicted octanol–water partition coefficient (Wildman–Crippen LogP) is 3.55. The average molecular weight is 346 g/mol. The van der Waals surface area contributed by atoms with Crippen molar-refractivity contribution in [3.63, 3.8) is 0 Å². The van der Waals surface area contributed by atoms with Gasteiger partial charge in [-0.15, -0.1) is 0 Å². The Kier molecular flexibility index (Phi) is 5.10. The lowest BCUT2D eigenvalue weighted by atomic mass is 9.90. The van der Waals surface area contributed by atoms with Gasteiger partial charge in [0.1, 0.15) is 0 Å². The van der Waals surface area contributed by atoms with Crippen LogP contribution in [0.25, 0.3) is 0 Å². The molecule has 0 amide bonds. The lowest BCUT2D eigenvalue weighted by Crippen LogP contribution is -2.26. The monoisotopic (exact) mass is 345 g/mol. The van der Waals surface area contributed by atoms with Crippen LogP contribution in [0.4, 0.5) is 5.69 Å². The Bertz CT molecular complexity index is 542. The minimum absolute atomic E-state index is 0.0998. The number of carbonyl (C=O) groups is 1. The number of rotatable bonds is 6. The van der Waals surface area contributed by atoms with Crippen LogP contribution in [0.5, 0.6) is 5.75 Å². The molecule has 110 valence electrons. The van der Waals surface area contributed by atoms with E-state index in [4.69, 9.17) is 9.84 Å². The molecule has 1 aromatic carbocycles. The van der Waals surface area contributed by atoms with Crippen LogP contribution in [0.3, 0.4) is 0 Å². The van der Waals surface area contributed by atoms with E-state index in [1.165, 1.54) is 6.07 Å². The van der Waals surface area contributed by atoms with Gasteiger partial charge in [-0.2, -0.15) is 0 Å². The topological polar surface area (TPSA) is 89.7 Å². The minimum atomic E-state index is -0.932. The van der Waals surface area contributed by atoms with Gasteiger partial charge >= 0.3 is 11.7 Å². The van der Waals surface area contributed by atoms with Gasteiger partial charge in [0.05, 0.1) is 16.9 Å². The normalized spacial score (nSPS) is 11.2. The Morgan fingerprint density at radius 3 is 2.60 bits per heavy atom. The number of nitro groups is 1. The Labute approximate surface area is 125 Å². The first kappa shape index (κ1) is 16.4. The molecule has 0 spiro atoms. The molecule has 0 saturated carbocycles. The molecule has 0 atom stereocenters. The maximum atomic E-state index is 11.0. The van der Waals surface area contributed by atoms with E-state index in [2.05, 4.69) is 15.9 Å². The number of benzene rings is 1. The molecule has 1 aromatic rings. The number of ether oxygens (including phenoxy) is 1. The van der Waals surface area contributed by atoms with Gasteiger partial charge < -0.3 is 9.84 Å². The molecular formula is C13H16BrNO5. The number of nitrogens with zero attached hydrogens (tertiary/aromatic N) is 1. The van der Waals surface area contributed by atoms with Crippen LogP contribution in [0, 0.1) is 22.5 Å². The second-order valence-electron chi connectivity index (χ2n) is 5.12. The summed E-state index contributed by atoms with van der Waals surface area (Å²) in [7, 11) is 0. The molecule has 0 saturated heterocycles. The highest BCUT2D eigenvalue weighted by atomic mass is 79.9. The standard InChI is InChI=1S/C13H16BrNO5/c1-8-6-9(14)7-10(15(18)19)11(8)20-5-4-13(2,3)12(16)17/h6-7H,4-5H2,1-3H3,(H,16,17). The largest absolute Gasteiger partial charge is 0.487 e. The molecule has 0 aliphatic rings. The van der Waals surface area contributed by atoms with E-state index in [-0.39, 0.29) is 24.5 Å². The van der Waals surface area contributed by atoms with E-state index in [9.17, 15) is 14.9 Å². The molecule has 0 radical (unpaired) electrons. The zero-order valence-corrected chi connectivity index (χ0v) is 13.1. The molecule has 0 aliphatic heterocycles. The SMILES string of the molecule is Cc1cc(Br)cc([N+](=O)[O-])c1OCCC(C)(C)C(=O)O. The molecule has 0 aliphatic carbocycles. The number of hydrogen-bond donors (Lipinski definition) is 1. The lowest BCUT2D eigenvalue weighted by Gasteiger charge is -2.19. The van der Waals surface area contributed by atoms with Gasteiger partial charge in [-0.1, -0.05) is 15.9 Å². The Morgan fingerprint density at radius 2 is 2.10 bits per heavy atom. The highest BCUT2D eigenvalue weighted by molar-refractivity contribution is 9.10. The molecule has 6 nitrogen and oxygen atoms in total. The highest BCUT2D eigenvalue weighted by Crippen LogP contribution is 2.34. The first-order valence-corrected chi connectivity index (χ1v) is 6.75. The maximum absolute atomic E-state index is 11.0. The van der Waals surface area contributed by atoms with Crippen molar-refractivity contribution < 1.29 is 19.6 Å². The Morgan fingerprint density at radius 1 is 1.50 bits per heavy atom. The van der Waals surface area contributed by atoms with Crippen LogP contribution in [0.1, 0.15) is 25.8 Å². The van der Waals surface area contributed by atoms with Crippen molar-refractivity contribution in [3.05, 3.63) is 32.3 Å². The fourth-order valence-electron chi connectivity index (χ4n) is 1.55. The number of hydrogen-bond acceptors (Lipinski definition) is 4. The molecule has 7 heteroatoms. The summed E-state index contributed by atoms with van der Waals surface area (Å²) in [6.45, 7) is 4.97. The van der Waals surface area contributed by atoms with Crippen LogP contribution < -0.4 is 4.74 Å². The molecule has 1 N–H and O–H groups in total. The Balaban J connectivity index is 2.88. The number of carboxylic acids is 1. The number of carboxylic acid groups (broad SMARTS) is 1. The summed E-state index contributed by atoms with van der Waals surface area (Å²) in [5.41, 5.74) is -0.442. The van der Waals surface area contributed by atoms with Gasteiger partial charge in [0.15, 0.2) is 5.75 Å². The molecule has 0 bridgehead atoms. The van der Waals surface area contributed by atoms with Crippen LogP contribution in [0.2, 0.25) is 0 Å². The molecule has 20 heavy (non-hydrogen) atoms. The first-order chi connectivity index (χ1) is 9.15. The second-order valence-corrected chi connectivity index (χ2v) is 6.03. The summed E-state index contributed by atoms with van der Waals surface area (Å²) in [4.78, 5) is 21.5. The maximum Gasteiger partial charge on any atom is 0.312 e. The third-order valence-corrected chi connectivity index (χ3v) is 3.43. The molecule has 0 unspecified atom stereocenters. The van der Waals surface area contributed by atoms with Gasteiger partial charge in [0.2, 0.25) is 0 Å². The zero-order chi connectivity index (χ0) is 15.5. The van der Waals surface area contributed by atoms with Crippen molar-refractivity contribution >= 4 is 27.6 Å². The van der Waals surface area contributed by atoms with Crippen LogP contribution in [0.15, 0.2) is 16.6 Å². The summed E-state index contributed by atoms with van der Waals surface area (Å²) in [6.07, 6.45) is 0.259. The van der Waals surface area contributed by atoms with Crippen molar-refractivity contribution in [1.82, 2.24) is 0 Å². The van der Waals surface area contributed by atoms with Gasteiger partial charge in [0.25, 0.3) is 0 Å². The molecule has 0 fully saturated rings. The third kappa shape index (κ3) is 3.93. The molecular weight excluding hydrogens is 330 g/mol. The van der Waals surface area contributed by atoms with Gasteiger partial charge in [0, 0.05) is 10.5 Å². The van der Waals surface area contributed by atoms with Gasteiger partial charge in [-0.05, 0) is 38.8 Å².